The van der Waals surface area contributed by atoms with E-state index in [1.54, 1.807) is 11.1 Å². The van der Waals surface area contributed by atoms with Crippen molar-refractivity contribution in [3.05, 3.63) is 149 Å². The fourth-order valence-electron chi connectivity index (χ4n) is 8.57. The van der Waals surface area contributed by atoms with E-state index in [0.717, 1.165) is 77.9 Å². The summed E-state index contributed by atoms with van der Waals surface area (Å²) in [6.07, 6.45) is 8.10. The first-order chi connectivity index (χ1) is 30.8. The smallest absolute Gasteiger partial charge is 0.250 e. The van der Waals surface area contributed by atoms with Crippen LogP contribution >= 0.6 is 0 Å². The third-order valence-electron chi connectivity index (χ3n) is 12.5. The highest BCUT2D eigenvalue weighted by Crippen LogP contribution is 2.36. The second-order valence-electron chi connectivity index (χ2n) is 17.1. The number of imidazole rings is 1. The van der Waals surface area contributed by atoms with Gasteiger partial charge in [0.2, 0.25) is 29.5 Å². The molecule has 0 bridgehead atoms. The van der Waals surface area contributed by atoms with Gasteiger partial charge in [0.05, 0.1) is 17.9 Å². The third kappa shape index (κ3) is 9.73. The van der Waals surface area contributed by atoms with E-state index in [-0.39, 0.29) is 47.4 Å². The average Bonchev–Trinajstić information content (AvgIpc) is 4.20. The number of aromatic amines is 1. The lowest BCUT2D eigenvalue weighted by atomic mass is 10.0. The minimum atomic E-state index is -0.828. The molecule has 4 N–H and O–H groups in total. The van der Waals surface area contributed by atoms with Crippen LogP contribution in [0.15, 0.2) is 115 Å². The average molecular weight is 842 g/mol. The summed E-state index contributed by atoms with van der Waals surface area (Å²) in [4.78, 5) is 78.5. The Bertz CT molecular complexity index is 2520. The fraction of sp³-hybridized carbons (Fsp3) is 0.333. The second kappa shape index (κ2) is 18.5. The van der Waals surface area contributed by atoms with E-state index >= 15 is 0 Å². The number of nitrogens with zero attached hydrogens (tertiary/aromatic N) is 3. The molecule has 63 heavy (non-hydrogen) atoms. The van der Waals surface area contributed by atoms with Gasteiger partial charge in [0, 0.05) is 42.6 Å². The molecular formula is C51H51N7O5. The van der Waals surface area contributed by atoms with Crippen LogP contribution in [0.25, 0.3) is 11.3 Å². The molecular weight excluding hydrogens is 791 g/mol. The van der Waals surface area contributed by atoms with Crippen molar-refractivity contribution < 1.29 is 24.0 Å². The highest BCUT2D eigenvalue weighted by Gasteiger charge is 2.41. The predicted molar refractivity (Wildman–Crippen MR) is 237 cm³/mol. The SMILES string of the molecule is O=C(NC(C(=O)N1CCCC1C(=O)NCc1ccc(C#Cc2ccc(-c3cnc(C4CCCN4C(=O)C(NC(=O)C4CC4)c4ccccc4)[nH]3)cc2)cc1)c1ccccc1)C1CC1. The Balaban J connectivity index is 0.788. The number of carbonyl (C=O) groups is 5. The molecule has 1 aromatic heterocycles. The number of aromatic nitrogens is 2. The minimum Gasteiger partial charge on any atom is -0.350 e. The first-order valence-corrected chi connectivity index (χ1v) is 22.1. The first kappa shape index (κ1) is 41.4. The predicted octanol–water partition coefficient (Wildman–Crippen LogP) is 6.28. The number of benzene rings is 4. The van der Waals surface area contributed by atoms with Crippen molar-refractivity contribution >= 4 is 29.5 Å². The molecule has 4 aromatic carbocycles. The lowest BCUT2D eigenvalue weighted by Gasteiger charge is -2.29. The van der Waals surface area contributed by atoms with Gasteiger partial charge in [-0.3, -0.25) is 24.0 Å². The molecule has 12 heteroatoms. The van der Waals surface area contributed by atoms with Gasteiger partial charge in [0.15, 0.2) is 0 Å². The number of rotatable bonds is 13. The molecule has 5 amide bonds. The lowest BCUT2D eigenvalue weighted by molar-refractivity contribution is -0.141. The summed E-state index contributed by atoms with van der Waals surface area (Å²) in [7, 11) is 0. The number of hydrogen-bond acceptors (Lipinski definition) is 6. The molecule has 5 aromatic rings. The summed E-state index contributed by atoms with van der Waals surface area (Å²) in [5, 5.41) is 9.01. The van der Waals surface area contributed by atoms with Gasteiger partial charge in [-0.2, -0.15) is 0 Å². The van der Waals surface area contributed by atoms with Gasteiger partial charge in [-0.1, -0.05) is 96.8 Å². The standard InChI is InChI=1S/C51H51N7O5/c59-47(39-25-26-39)55-44(37-9-3-1-4-10-37)50(62)57-29-7-13-42(57)46-52-32-41(54-46)36-23-21-34(22-24-36)16-15-33-17-19-35(20-18-33)31-53-49(61)43-14-8-30-58(43)51(63)45(38-11-5-2-6-12-38)56-48(60)40-27-28-40/h1-6,9-12,17-24,32,39-40,42-45H,7-8,13-14,25-31H2,(H,52,54)(H,53,61)(H,55,59)(H,56,60). The molecule has 2 saturated heterocycles. The molecule has 4 fully saturated rings. The molecule has 4 aliphatic rings. The first-order valence-electron chi connectivity index (χ1n) is 22.1. The zero-order valence-electron chi connectivity index (χ0n) is 35.1. The van der Waals surface area contributed by atoms with Crippen LogP contribution in [0.1, 0.15) is 103 Å². The Morgan fingerprint density at radius 3 is 1.71 bits per heavy atom. The van der Waals surface area contributed by atoms with Crippen LogP contribution in [-0.4, -0.2) is 68.4 Å². The molecule has 9 rings (SSSR count). The van der Waals surface area contributed by atoms with Crippen molar-refractivity contribution in [3.63, 3.8) is 0 Å². The Kier molecular flexibility index (Phi) is 12.2. The quantitative estimate of drug-likeness (QED) is 0.102. The molecule has 2 aliphatic heterocycles. The lowest BCUT2D eigenvalue weighted by Crippen LogP contribution is -2.50. The molecule has 4 unspecified atom stereocenters. The van der Waals surface area contributed by atoms with Gasteiger partial charge in [-0.25, -0.2) is 4.98 Å². The third-order valence-corrected chi connectivity index (χ3v) is 12.5. The van der Waals surface area contributed by atoms with Crippen LogP contribution in [0.4, 0.5) is 0 Å². The molecule has 3 heterocycles. The number of likely N-dealkylation sites (tertiary alicyclic amines) is 2. The maximum absolute atomic E-state index is 14.0. The summed E-state index contributed by atoms with van der Waals surface area (Å²) < 4.78 is 0. The van der Waals surface area contributed by atoms with Crippen molar-refractivity contribution in [3.8, 4) is 23.1 Å². The van der Waals surface area contributed by atoms with E-state index < -0.39 is 18.1 Å². The molecule has 0 spiro atoms. The van der Waals surface area contributed by atoms with E-state index in [0.29, 0.717) is 38.0 Å². The van der Waals surface area contributed by atoms with E-state index in [9.17, 15) is 24.0 Å². The summed E-state index contributed by atoms with van der Waals surface area (Å²) in [5.74, 6) is 6.38. The Labute approximate surface area is 367 Å². The number of H-pyrrole nitrogens is 1. The molecule has 2 saturated carbocycles. The van der Waals surface area contributed by atoms with E-state index in [4.69, 9.17) is 4.98 Å². The van der Waals surface area contributed by atoms with Gasteiger partial charge >= 0.3 is 0 Å². The number of nitrogens with one attached hydrogen (secondary N) is 4. The van der Waals surface area contributed by atoms with Crippen LogP contribution in [0, 0.1) is 23.7 Å². The summed E-state index contributed by atoms with van der Waals surface area (Å²) in [5.41, 5.74) is 5.86. The van der Waals surface area contributed by atoms with E-state index in [2.05, 4.69) is 32.8 Å². The second-order valence-corrected chi connectivity index (χ2v) is 17.1. The van der Waals surface area contributed by atoms with Gasteiger partial charge < -0.3 is 30.7 Å². The molecule has 0 radical (unpaired) electrons. The maximum Gasteiger partial charge on any atom is 0.250 e. The van der Waals surface area contributed by atoms with Gasteiger partial charge in [-0.05, 0) is 97.9 Å². The van der Waals surface area contributed by atoms with Gasteiger partial charge in [-0.15, -0.1) is 0 Å². The maximum atomic E-state index is 14.0. The highest BCUT2D eigenvalue weighted by molar-refractivity contribution is 5.94. The number of amides is 5. The Morgan fingerprint density at radius 2 is 1.14 bits per heavy atom. The summed E-state index contributed by atoms with van der Waals surface area (Å²) in [6, 6.07) is 31.9. The summed E-state index contributed by atoms with van der Waals surface area (Å²) >= 11 is 0. The highest BCUT2D eigenvalue weighted by atomic mass is 16.2. The van der Waals surface area contributed by atoms with Crippen LogP contribution in [0.2, 0.25) is 0 Å². The van der Waals surface area contributed by atoms with E-state index in [1.165, 1.54) is 0 Å². The van der Waals surface area contributed by atoms with Crippen LogP contribution in [0.5, 0.6) is 0 Å². The zero-order valence-corrected chi connectivity index (χ0v) is 35.1. The van der Waals surface area contributed by atoms with Gasteiger partial charge in [0.25, 0.3) is 0 Å². The normalized spacial score (nSPS) is 19.0. The molecule has 12 nitrogen and oxygen atoms in total. The number of hydrogen-bond donors (Lipinski definition) is 4. The van der Waals surface area contributed by atoms with E-state index in [1.807, 2.05) is 114 Å². The van der Waals surface area contributed by atoms with Crippen molar-refractivity contribution in [1.82, 2.24) is 35.7 Å². The molecule has 4 atom stereocenters. The van der Waals surface area contributed by atoms with Gasteiger partial charge in [0.1, 0.15) is 23.9 Å². The van der Waals surface area contributed by atoms with Crippen LogP contribution in [-0.2, 0) is 30.5 Å². The molecule has 2 aliphatic carbocycles. The van der Waals surface area contributed by atoms with Crippen LogP contribution < -0.4 is 16.0 Å². The largest absolute Gasteiger partial charge is 0.350 e. The topological polar surface area (TPSA) is 157 Å². The Hall–Kier alpha value is -7.00. The van der Waals surface area contributed by atoms with Crippen LogP contribution in [0.3, 0.4) is 0 Å². The van der Waals surface area contributed by atoms with Crippen molar-refractivity contribution in [2.24, 2.45) is 11.8 Å². The molecule has 320 valence electrons. The van der Waals surface area contributed by atoms with Crippen molar-refractivity contribution in [1.29, 1.82) is 0 Å². The zero-order chi connectivity index (χ0) is 43.3. The Morgan fingerprint density at radius 1 is 0.619 bits per heavy atom. The van der Waals surface area contributed by atoms with Crippen molar-refractivity contribution in [2.45, 2.75) is 82.1 Å². The minimum absolute atomic E-state index is 0.00585. The fourth-order valence-corrected chi connectivity index (χ4v) is 8.57. The number of carbonyl (C=O) groups excluding carboxylic acids is 5. The summed E-state index contributed by atoms with van der Waals surface area (Å²) in [6.45, 7) is 1.37. The van der Waals surface area contributed by atoms with Crippen molar-refractivity contribution in [2.75, 3.05) is 13.1 Å². The monoisotopic (exact) mass is 841 g/mol.